The monoisotopic (exact) mass is 234 g/mol. The molecule has 0 amide bonds. The van der Waals surface area contributed by atoms with Crippen LogP contribution in [-0.4, -0.2) is 23.6 Å². The average Bonchev–Trinajstić information content (AvgIpc) is 2.53. The molecule has 0 saturated carbocycles. The first kappa shape index (κ1) is 12.1. The van der Waals surface area contributed by atoms with Crippen LogP contribution >= 0.6 is 0 Å². The molecular weight excluding hydrogens is 215 g/mol. The number of hydrogen-bond acceptors (Lipinski definition) is 1. The van der Waals surface area contributed by atoms with Crippen molar-refractivity contribution < 1.29 is 4.39 Å². The van der Waals surface area contributed by atoms with Gasteiger partial charge in [-0.1, -0.05) is 0 Å². The first-order chi connectivity index (χ1) is 7.99. The normalized spacial score (nSPS) is 11.9. The van der Waals surface area contributed by atoms with Crippen molar-refractivity contribution in [1.82, 2.24) is 9.47 Å². The number of fused-ring (bicyclic) bond motifs is 1. The van der Waals surface area contributed by atoms with Crippen molar-refractivity contribution in [2.75, 3.05) is 14.1 Å². The van der Waals surface area contributed by atoms with Crippen LogP contribution in [0.2, 0.25) is 0 Å². The molecule has 0 spiro atoms. The molecule has 2 rings (SSSR count). The zero-order chi connectivity index (χ0) is 12.6. The van der Waals surface area contributed by atoms with Crippen LogP contribution in [0, 0.1) is 5.82 Å². The second-order valence-electron chi connectivity index (χ2n) is 5.04. The van der Waals surface area contributed by atoms with E-state index in [1.807, 2.05) is 20.2 Å². The van der Waals surface area contributed by atoms with Gasteiger partial charge < -0.3 is 9.47 Å². The fourth-order valence-electron chi connectivity index (χ4n) is 2.31. The number of benzene rings is 1. The van der Waals surface area contributed by atoms with Crippen LogP contribution in [0.5, 0.6) is 0 Å². The van der Waals surface area contributed by atoms with Gasteiger partial charge in [-0.2, -0.15) is 0 Å². The molecule has 0 aliphatic heterocycles. The molecule has 0 atom stereocenters. The summed E-state index contributed by atoms with van der Waals surface area (Å²) in [7, 11) is 4.09. The second-order valence-corrected chi connectivity index (χ2v) is 5.04. The minimum Gasteiger partial charge on any atom is -0.341 e. The van der Waals surface area contributed by atoms with Crippen LogP contribution in [0.3, 0.4) is 0 Å². The van der Waals surface area contributed by atoms with Gasteiger partial charge in [-0.15, -0.1) is 0 Å². The highest BCUT2D eigenvalue weighted by Crippen LogP contribution is 2.25. The van der Waals surface area contributed by atoms with E-state index < -0.39 is 0 Å². The van der Waals surface area contributed by atoms with Crippen molar-refractivity contribution in [2.45, 2.75) is 26.4 Å². The summed E-state index contributed by atoms with van der Waals surface area (Å²) in [6, 6.07) is 7.47. The minimum absolute atomic E-state index is 0.172. The molecule has 0 unspecified atom stereocenters. The van der Waals surface area contributed by atoms with Gasteiger partial charge in [0.25, 0.3) is 0 Å². The maximum atomic E-state index is 13.3. The Kier molecular flexibility index (Phi) is 3.20. The third-order valence-corrected chi connectivity index (χ3v) is 2.88. The fraction of sp³-hybridized carbons (Fsp3) is 0.429. The molecule has 2 aromatic rings. The van der Waals surface area contributed by atoms with Gasteiger partial charge in [-0.25, -0.2) is 4.39 Å². The molecule has 0 aliphatic carbocycles. The number of rotatable bonds is 3. The highest BCUT2D eigenvalue weighted by atomic mass is 19.1. The van der Waals surface area contributed by atoms with Gasteiger partial charge in [0.05, 0.1) is 5.52 Å². The molecule has 0 aliphatic rings. The maximum absolute atomic E-state index is 13.3. The molecule has 0 radical (unpaired) electrons. The van der Waals surface area contributed by atoms with Gasteiger partial charge in [-0.05, 0) is 52.2 Å². The summed E-state index contributed by atoms with van der Waals surface area (Å²) < 4.78 is 15.5. The van der Waals surface area contributed by atoms with E-state index >= 15 is 0 Å². The molecule has 3 heteroatoms. The Morgan fingerprint density at radius 3 is 2.53 bits per heavy atom. The van der Waals surface area contributed by atoms with E-state index in [2.05, 4.69) is 29.4 Å². The number of aromatic nitrogens is 1. The number of nitrogens with zero attached hydrogens (tertiary/aromatic N) is 2. The predicted octanol–water partition coefficient (Wildman–Crippen LogP) is 3.42. The number of hydrogen-bond donors (Lipinski definition) is 0. The van der Waals surface area contributed by atoms with Crippen molar-refractivity contribution >= 4 is 10.9 Å². The minimum atomic E-state index is -0.172. The summed E-state index contributed by atoms with van der Waals surface area (Å²) in [5.41, 5.74) is 2.21. The predicted molar refractivity (Wildman–Crippen MR) is 69.7 cm³/mol. The molecule has 17 heavy (non-hydrogen) atoms. The summed E-state index contributed by atoms with van der Waals surface area (Å²) in [4.78, 5) is 2.13. The van der Waals surface area contributed by atoms with Gasteiger partial charge in [0.2, 0.25) is 0 Å². The van der Waals surface area contributed by atoms with Crippen LogP contribution in [0.1, 0.15) is 25.6 Å². The van der Waals surface area contributed by atoms with Crippen molar-refractivity contribution in [3.8, 4) is 0 Å². The molecule has 0 N–H and O–H groups in total. The largest absolute Gasteiger partial charge is 0.341 e. The van der Waals surface area contributed by atoms with E-state index in [4.69, 9.17) is 0 Å². The summed E-state index contributed by atoms with van der Waals surface area (Å²) in [5.74, 6) is -0.172. The fourth-order valence-corrected chi connectivity index (χ4v) is 2.31. The Hall–Kier alpha value is -1.35. The van der Waals surface area contributed by atoms with E-state index in [9.17, 15) is 4.39 Å². The third kappa shape index (κ3) is 2.34. The van der Waals surface area contributed by atoms with Crippen LogP contribution in [0.15, 0.2) is 24.3 Å². The van der Waals surface area contributed by atoms with Crippen LogP contribution in [-0.2, 0) is 6.54 Å². The highest BCUT2D eigenvalue weighted by Gasteiger charge is 2.12. The number of halogens is 1. The molecule has 2 nitrogen and oxygen atoms in total. The Balaban J connectivity index is 2.63. The maximum Gasteiger partial charge on any atom is 0.125 e. The Morgan fingerprint density at radius 1 is 1.24 bits per heavy atom. The third-order valence-electron chi connectivity index (χ3n) is 2.88. The second kappa shape index (κ2) is 4.49. The lowest BCUT2D eigenvalue weighted by Gasteiger charge is -2.17. The van der Waals surface area contributed by atoms with Gasteiger partial charge >= 0.3 is 0 Å². The molecule has 0 saturated heterocycles. The first-order valence-corrected chi connectivity index (χ1v) is 5.93. The van der Waals surface area contributed by atoms with E-state index in [-0.39, 0.29) is 5.82 Å². The average molecular weight is 234 g/mol. The Bertz CT molecular complexity index is 526. The van der Waals surface area contributed by atoms with E-state index in [1.165, 1.54) is 11.8 Å². The summed E-state index contributed by atoms with van der Waals surface area (Å²) in [6.07, 6.45) is 0. The highest BCUT2D eigenvalue weighted by molar-refractivity contribution is 5.81. The molecular formula is C14H19FN2. The van der Waals surface area contributed by atoms with Crippen molar-refractivity contribution in [3.63, 3.8) is 0 Å². The van der Waals surface area contributed by atoms with Gasteiger partial charge in [-0.3, -0.25) is 0 Å². The first-order valence-electron chi connectivity index (χ1n) is 5.93. The van der Waals surface area contributed by atoms with E-state index in [0.717, 1.165) is 17.4 Å². The van der Waals surface area contributed by atoms with Crippen molar-refractivity contribution in [2.24, 2.45) is 0 Å². The summed E-state index contributed by atoms with van der Waals surface area (Å²) in [5, 5.41) is 1.11. The quantitative estimate of drug-likeness (QED) is 0.790. The van der Waals surface area contributed by atoms with Gasteiger partial charge in [0.1, 0.15) is 5.82 Å². The lowest BCUT2D eigenvalue weighted by atomic mass is 10.2. The Morgan fingerprint density at radius 2 is 1.94 bits per heavy atom. The molecule has 1 aromatic heterocycles. The molecule has 1 aromatic carbocycles. The Labute approximate surface area is 102 Å². The van der Waals surface area contributed by atoms with E-state index in [1.54, 1.807) is 6.07 Å². The molecule has 92 valence electrons. The topological polar surface area (TPSA) is 8.17 Å². The molecule has 1 heterocycles. The molecule has 0 fully saturated rings. The summed E-state index contributed by atoms with van der Waals surface area (Å²) >= 11 is 0. The SMILES string of the molecule is CC(C)n1c(CN(C)C)cc2ccc(F)cc21. The lowest BCUT2D eigenvalue weighted by molar-refractivity contribution is 0.383. The van der Waals surface area contributed by atoms with Gasteiger partial charge in [0, 0.05) is 23.7 Å². The van der Waals surface area contributed by atoms with Crippen LogP contribution in [0.25, 0.3) is 10.9 Å². The lowest BCUT2D eigenvalue weighted by Crippen LogP contribution is -2.15. The summed E-state index contributed by atoms with van der Waals surface area (Å²) in [6.45, 7) is 5.13. The van der Waals surface area contributed by atoms with Gasteiger partial charge in [0.15, 0.2) is 0 Å². The smallest absolute Gasteiger partial charge is 0.125 e. The van der Waals surface area contributed by atoms with Crippen molar-refractivity contribution in [3.05, 3.63) is 35.8 Å². The van der Waals surface area contributed by atoms with E-state index in [0.29, 0.717) is 6.04 Å². The van der Waals surface area contributed by atoms with Crippen molar-refractivity contribution in [1.29, 1.82) is 0 Å². The standard InChI is InChI=1S/C14H19FN2/c1-10(2)17-13(9-16(3)4)7-11-5-6-12(15)8-14(11)17/h5-8,10H,9H2,1-4H3. The zero-order valence-electron chi connectivity index (χ0n) is 10.9. The molecule has 0 bridgehead atoms. The van der Waals surface area contributed by atoms with Crippen LogP contribution < -0.4 is 0 Å². The zero-order valence-corrected chi connectivity index (χ0v) is 10.9. The van der Waals surface area contributed by atoms with Crippen LogP contribution in [0.4, 0.5) is 4.39 Å².